The number of aromatic nitrogens is 1. The molecule has 0 atom stereocenters. The van der Waals surface area contributed by atoms with Gasteiger partial charge in [-0.1, -0.05) is 6.42 Å². The summed E-state index contributed by atoms with van der Waals surface area (Å²) in [7, 11) is 2.15. The Bertz CT molecular complexity index is 377. The van der Waals surface area contributed by atoms with Gasteiger partial charge >= 0.3 is 0 Å². The maximum Gasteiger partial charge on any atom is 0.140 e. The molecule has 0 unspecified atom stereocenters. The summed E-state index contributed by atoms with van der Waals surface area (Å²) in [5.74, 6) is 0. The molecule has 0 amide bonds. The van der Waals surface area contributed by atoms with Gasteiger partial charge in [-0.15, -0.1) is 0 Å². The van der Waals surface area contributed by atoms with Gasteiger partial charge in [0, 0.05) is 18.8 Å². The lowest BCUT2D eigenvalue weighted by Gasteiger charge is -2.34. The SMILES string of the molecule is CN(Cc1ccnc(C#N)c1)C1CCC1. The topological polar surface area (TPSA) is 39.9 Å². The number of rotatable bonds is 3. The Hall–Kier alpha value is -1.40. The van der Waals surface area contributed by atoms with Crippen LogP contribution in [0.25, 0.3) is 0 Å². The van der Waals surface area contributed by atoms with E-state index in [9.17, 15) is 0 Å². The maximum atomic E-state index is 8.74. The smallest absolute Gasteiger partial charge is 0.140 e. The van der Waals surface area contributed by atoms with Gasteiger partial charge in [-0.25, -0.2) is 4.98 Å². The first-order chi connectivity index (χ1) is 7.29. The summed E-state index contributed by atoms with van der Waals surface area (Å²) in [5.41, 5.74) is 1.69. The van der Waals surface area contributed by atoms with Crippen LogP contribution in [-0.2, 0) is 6.54 Å². The van der Waals surface area contributed by atoms with Crippen LogP contribution in [0.4, 0.5) is 0 Å². The Labute approximate surface area is 90.4 Å². The van der Waals surface area contributed by atoms with Crippen molar-refractivity contribution in [1.82, 2.24) is 9.88 Å². The Morgan fingerprint density at radius 2 is 2.40 bits per heavy atom. The summed E-state index contributed by atoms with van der Waals surface area (Å²) >= 11 is 0. The highest BCUT2D eigenvalue weighted by Gasteiger charge is 2.21. The molecule has 0 bridgehead atoms. The van der Waals surface area contributed by atoms with Crippen molar-refractivity contribution in [1.29, 1.82) is 5.26 Å². The van der Waals surface area contributed by atoms with E-state index in [1.165, 1.54) is 24.8 Å². The molecule has 0 aromatic carbocycles. The van der Waals surface area contributed by atoms with Crippen LogP contribution in [0.1, 0.15) is 30.5 Å². The van der Waals surface area contributed by atoms with Crippen molar-refractivity contribution < 1.29 is 0 Å². The minimum atomic E-state index is 0.509. The van der Waals surface area contributed by atoms with Crippen molar-refractivity contribution in [3.8, 4) is 6.07 Å². The van der Waals surface area contributed by atoms with E-state index in [0.29, 0.717) is 5.69 Å². The van der Waals surface area contributed by atoms with Crippen LogP contribution >= 0.6 is 0 Å². The second kappa shape index (κ2) is 4.41. The average Bonchev–Trinajstić information content (AvgIpc) is 2.15. The van der Waals surface area contributed by atoms with E-state index in [2.05, 4.69) is 23.0 Å². The van der Waals surface area contributed by atoms with Crippen molar-refractivity contribution >= 4 is 0 Å². The number of hydrogen-bond acceptors (Lipinski definition) is 3. The van der Waals surface area contributed by atoms with E-state index in [0.717, 1.165) is 12.6 Å². The summed E-state index contributed by atoms with van der Waals surface area (Å²) in [6, 6.07) is 6.66. The minimum Gasteiger partial charge on any atom is -0.299 e. The van der Waals surface area contributed by atoms with E-state index in [1.807, 2.05) is 12.1 Å². The van der Waals surface area contributed by atoms with Gasteiger partial charge in [0.25, 0.3) is 0 Å². The van der Waals surface area contributed by atoms with Crippen molar-refractivity contribution in [3.63, 3.8) is 0 Å². The van der Waals surface area contributed by atoms with E-state index in [1.54, 1.807) is 6.20 Å². The van der Waals surface area contributed by atoms with Crippen LogP contribution in [-0.4, -0.2) is 23.0 Å². The molecule has 1 aromatic rings. The predicted octanol–water partition coefficient (Wildman–Crippen LogP) is 1.94. The molecule has 78 valence electrons. The minimum absolute atomic E-state index is 0.509. The molecule has 1 aromatic heterocycles. The van der Waals surface area contributed by atoms with Crippen molar-refractivity contribution in [2.45, 2.75) is 31.8 Å². The summed E-state index contributed by atoms with van der Waals surface area (Å²) in [6.45, 7) is 0.919. The third kappa shape index (κ3) is 2.34. The van der Waals surface area contributed by atoms with Crippen LogP contribution in [0.5, 0.6) is 0 Å². The normalized spacial score (nSPS) is 16.1. The van der Waals surface area contributed by atoms with Gasteiger partial charge in [-0.3, -0.25) is 4.90 Å². The summed E-state index contributed by atoms with van der Waals surface area (Å²) < 4.78 is 0. The lowest BCUT2D eigenvalue weighted by Crippen LogP contribution is -2.36. The van der Waals surface area contributed by atoms with Crippen LogP contribution in [0.3, 0.4) is 0 Å². The lowest BCUT2D eigenvalue weighted by molar-refractivity contribution is 0.152. The van der Waals surface area contributed by atoms with Gasteiger partial charge in [0.2, 0.25) is 0 Å². The zero-order chi connectivity index (χ0) is 10.7. The molecule has 0 N–H and O–H groups in total. The molecule has 1 heterocycles. The van der Waals surface area contributed by atoms with Crippen LogP contribution in [0.2, 0.25) is 0 Å². The van der Waals surface area contributed by atoms with E-state index < -0.39 is 0 Å². The molecule has 3 nitrogen and oxygen atoms in total. The third-order valence-corrected chi connectivity index (χ3v) is 3.07. The third-order valence-electron chi connectivity index (χ3n) is 3.07. The van der Waals surface area contributed by atoms with Gasteiger partial charge in [-0.05, 0) is 37.6 Å². The lowest BCUT2D eigenvalue weighted by atomic mass is 9.91. The first-order valence-electron chi connectivity index (χ1n) is 5.35. The van der Waals surface area contributed by atoms with Crippen LogP contribution in [0.15, 0.2) is 18.3 Å². The first-order valence-corrected chi connectivity index (χ1v) is 5.35. The molecule has 15 heavy (non-hydrogen) atoms. The fourth-order valence-electron chi connectivity index (χ4n) is 1.88. The highest BCUT2D eigenvalue weighted by molar-refractivity contribution is 5.25. The molecule has 0 saturated heterocycles. The first kappa shape index (κ1) is 10.1. The zero-order valence-corrected chi connectivity index (χ0v) is 8.98. The monoisotopic (exact) mass is 201 g/mol. The standard InChI is InChI=1S/C12H15N3/c1-15(12-3-2-4-12)9-10-5-6-14-11(7-10)8-13/h5-7,12H,2-4,9H2,1H3. The molecule has 0 aliphatic heterocycles. The van der Waals surface area contributed by atoms with E-state index in [-0.39, 0.29) is 0 Å². The average molecular weight is 201 g/mol. The second-order valence-electron chi connectivity index (χ2n) is 4.16. The Morgan fingerprint density at radius 1 is 1.60 bits per heavy atom. The summed E-state index contributed by atoms with van der Waals surface area (Å²) in [6.07, 6.45) is 5.69. The molecule has 0 spiro atoms. The molecule has 1 aliphatic carbocycles. The Kier molecular flexibility index (Phi) is 2.98. The van der Waals surface area contributed by atoms with Gasteiger partial charge in [0.15, 0.2) is 0 Å². The Balaban J connectivity index is 2.00. The van der Waals surface area contributed by atoms with Gasteiger partial charge in [0.1, 0.15) is 11.8 Å². The maximum absolute atomic E-state index is 8.74. The van der Waals surface area contributed by atoms with E-state index in [4.69, 9.17) is 5.26 Å². The highest BCUT2D eigenvalue weighted by Crippen LogP contribution is 2.24. The van der Waals surface area contributed by atoms with E-state index >= 15 is 0 Å². The molecular weight excluding hydrogens is 186 g/mol. The highest BCUT2D eigenvalue weighted by atomic mass is 15.1. The predicted molar refractivity (Wildman–Crippen MR) is 58.1 cm³/mol. The molecular formula is C12H15N3. The molecule has 2 rings (SSSR count). The fraction of sp³-hybridized carbons (Fsp3) is 0.500. The van der Waals surface area contributed by atoms with Gasteiger partial charge in [-0.2, -0.15) is 5.26 Å². The zero-order valence-electron chi connectivity index (χ0n) is 8.98. The van der Waals surface area contributed by atoms with Crippen LogP contribution < -0.4 is 0 Å². The molecule has 0 radical (unpaired) electrons. The molecule has 3 heteroatoms. The molecule has 1 aliphatic rings. The van der Waals surface area contributed by atoms with Crippen molar-refractivity contribution in [2.75, 3.05) is 7.05 Å². The largest absolute Gasteiger partial charge is 0.299 e. The molecule has 1 fully saturated rings. The van der Waals surface area contributed by atoms with Gasteiger partial charge < -0.3 is 0 Å². The number of nitriles is 1. The Morgan fingerprint density at radius 3 is 3.00 bits per heavy atom. The van der Waals surface area contributed by atoms with Crippen molar-refractivity contribution in [3.05, 3.63) is 29.6 Å². The van der Waals surface area contributed by atoms with Gasteiger partial charge in [0.05, 0.1) is 0 Å². The number of nitrogens with zero attached hydrogens (tertiary/aromatic N) is 3. The summed E-state index contributed by atoms with van der Waals surface area (Å²) in [4.78, 5) is 6.33. The second-order valence-corrected chi connectivity index (χ2v) is 4.16. The fourth-order valence-corrected chi connectivity index (χ4v) is 1.88. The summed E-state index contributed by atoms with van der Waals surface area (Å²) in [5, 5.41) is 8.74. The van der Waals surface area contributed by atoms with Crippen molar-refractivity contribution in [2.24, 2.45) is 0 Å². The van der Waals surface area contributed by atoms with Crippen LogP contribution in [0, 0.1) is 11.3 Å². The number of pyridine rings is 1. The molecule has 1 saturated carbocycles. The number of hydrogen-bond donors (Lipinski definition) is 0. The quantitative estimate of drug-likeness (QED) is 0.750.